The minimum atomic E-state index is -0.102. The van der Waals surface area contributed by atoms with Crippen LogP contribution in [0.3, 0.4) is 0 Å². The molecular formula is C25H22BrN3O. The normalized spacial score (nSPS) is 11.2. The molecular weight excluding hydrogens is 438 g/mol. The molecule has 0 bridgehead atoms. The number of hydrogen-bond donors (Lipinski definition) is 1. The molecule has 0 radical (unpaired) electrons. The number of benzene rings is 3. The zero-order valence-electron chi connectivity index (χ0n) is 16.5. The first kappa shape index (κ1) is 20.1. The monoisotopic (exact) mass is 459 g/mol. The summed E-state index contributed by atoms with van der Waals surface area (Å²) in [5.74, 6) is 0.862. The van der Waals surface area contributed by atoms with Gasteiger partial charge in [-0.15, -0.1) is 0 Å². The van der Waals surface area contributed by atoms with Crippen LogP contribution in [0.15, 0.2) is 89.4 Å². The van der Waals surface area contributed by atoms with Crippen molar-refractivity contribution in [3.63, 3.8) is 0 Å². The number of hydrogen-bond acceptors (Lipinski definition) is 2. The maximum absolute atomic E-state index is 12.2. The summed E-state index contributed by atoms with van der Waals surface area (Å²) >= 11 is 3.49. The second-order valence-corrected chi connectivity index (χ2v) is 7.93. The lowest BCUT2D eigenvalue weighted by Gasteiger charge is -2.10. The second-order valence-electron chi connectivity index (χ2n) is 7.01. The Hall–Kier alpha value is -3.18. The molecule has 5 heteroatoms. The quantitative estimate of drug-likeness (QED) is 0.385. The maximum atomic E-state index is 12.2. The number of fused-ring (bicyclic) bond motifs is 1. The summed E-state index contributed by atoms with van der Waals surface area (Å²) in [6.45, 7) is 1.27. The zero-order valence-corrected chi connectivity index (χ0v) is 18.0. The Bertz CT molecular complexity index is 1160. The molecule has 0 aliphatic rings. The van der Waals surface area contributed by atoms with Crippen LogP contribution >= 0.6 is 15.9 Å². The minimum Gasteiger partial charge on any atom is -0.352 e. The maximum Gasteiger partial charge on any atom is 0.244 e. The minimum absolute atomic E-state index is 0.102. The van der Waals surface area contributed by atoms with Gasteiger partial charge in [0, 0.05) is 30.1 Å². The van der Waals surface area contributed by atoms with E-state index in [9.17, 15) is 4.79 Å². The Morgan fingerprint density at radius 2 is 1.70 bits per heavy atom. The average molecular weight is 460 g/mol. The van der Waals surface area contributed by atoms with E-state index < -0.39 is 0 Å². The van der Waals surface area contributed by atoms with Gasteiger partial charge in [0.1, 0.15) is 5.82 Å². The standard InChI is InChI=1S/C25H22BrN3O/c26-21-13-10-20(11-14-21)18-29-23-9-5-4-8-22(23)28-24(29)16-17-27-25(30)15-12-19-6-2-1-3-7-19/h1-15H,16-18H2,(H,27,30)/b15-12+. The van der Waals surface area contributed by atoms with Crippen LogP contribution in [-0.2, 0) is 17.8 Å². The molecule has 4 rings (SSSR count). The van der Waals surface area contributed by atoms with Crippen LogP contribution in [0.2, 0.25) is 0 Å². The number of imidazole rings is 1. The topological polar surface area (TPSA) is 46.9 Å². The van der Waals surface area contributed by atoms with Gasteiger partial charge in [0.2, 0.25) is 5.91 Å². The van der Waals surface area contributed by atoms with Gasteiger partial charge in [-0.3, -0.25) is 4.79 Å². The fourth-order valence-corrected chi connectivity index (χ4v) is 3.62. The molecule has 0 saturated carbocycles. The highest BCUT2D eigenvalue weighted by molar-refractivity contribution is 9.10. The van der Waals surface area contributed by atoms with Crippen molar-refractivity contribution in [2.24, 2.45) is 0 Å². The van der Waals surface area contributed by atoms with Gasteiger partial charge in [-0.1, -0.05) is 70.5 Å². The van der Waals surface area contributed by atoms with E-state index >= 15 is 0 Å². The zero-order chi connectivity index (χ0) is 20.8. The van der Waals surface area contributed by atoms with Gasteiger partial charge in [0.15, 0.2) is 0 Å². The molecule has 0 aliphatic heterocycles. The third kappa shape index (κ3) is 5.05. The summed E-state index contributed by atoms with van der Waals surface area (Å²) < 4.78 is 3.29. The third-order valence-electron chi connectivity index (χ3n) is 4.86. The first-order chi connectivity index (χ1) is 14.7. The van der Waals surface area contributed by atoms with Crippen LogP contribution in [0.1, 0.15) is 17.0 Å². The highest BCUT2D eigenvalue weighted by atomic mass is 79.9. The van der Waals surface area contributed by atoms with Gasteiger partial charge < -0.3 is 9.88 Å². The lowest BCUT2D eigenvalue weighted by atomic mass is 10.2. The van der Waals surface area contributed by atoms with Crippen molar-refractivity contribution in [1.82, 2.24) is 14.9 Å². The summed E-state index contributed by atoms with van der Waals surface area (Å²) in [7, 11) is 0. The Morgan fingerprint density at radius 1 is 0.967 bits per heavy atom. The lowest BCUT2D eigenvalue weighted by Crippen LogP contribution is -2.24. The predicted octanol–water partition coefficient (Wildman–Crippen LogP) is 5.22. The number of halogens is 1. The molecule has 0 saturated heterocycles. The number of aromatic nitrogens is 2. The van der Waals surface area contributed by atoms with E-state index in [0.29, 0.717) is 13.0 Å². The summed E-state index contributed by atoms with van der Waals surface area (Å²) in [5, 5.41) is 2.96. The summed E-state index contributed by atoms with van der Waals surface area (Å²) in [5.41, 5.74) is 4.28. The van der Waals surface area contributed by atoms with Crippen molar-refractivity contribution in [3.8, 4) is 0 Å². The van der Waals surface area contributed by atoms with Gasteiger partial charge in [0.25, 0.3) is 0 Å². The van der Waals surface area contributed by atoms with Gasteiger partial charge >= 0.3 is 0 Å². The molecule has 30 heavy (non-hydrogen) atoms. The number of nitrogens with zero attached hydrogens (tertiary/aromatic N) is 2. The van der Waals surface area contributed by atoms with Crippen molar-refractivity contribution in [1.29, 1.82) is 0 Å². The molecule has 1 heterocycles. The third-order valence-corrected chi connectivity index (χ3v) is 5.39. The van der Waals surface area contributed by atoms with E-state index in [4.69, 9.17) is 4.98 Å². The van der Waals surface area contributed by atoms with Crippen LogP contribution in [0.5, 0.6) is 0 Å². The Balaban J connectivity index is 1.45. The van der Waals surface area contributed by atoms with Gasteiger partial charge in [0.05, 0.1) is 11.0 Å². The molecule has 4 aromatic rings. The molecule has 0 fully saturated rings. The van der Waals surface area contributed by atoms with E-state index in [1.165, 1.54) is 5.56 Å². The molecule has 150 valence electrons. The van der Waals surface area contributed by atoms with Gasteiger partial charge in [-0.2, -0.15) is 0 Å². The highest BCUT2D eigenvalue weighted by Gasteiger charge is 2.11. The Kier molecular flexibility index (Phi) is 6.40. The fraction of sp³-hybridized carbons (Fsp3) is 0.120. The van der Waals surface area contributed by atoms with Crippen LogP contribution < -0.4 is 5.32 Å². The fourth-order valence-electron chi connectivity index (χ4n) is 3.36. The molecule has 1 N–H and O–H groups in total. The molecule has 1 aromatic heterocycles. The van der Waals surface area contributed by atoms with E-state index in [2.05, 4.69) is 44.0 Å². The van der Waals surface area contributed by atoms with Gasteiger partial charge in [-0.25, -0.2) is 4.98 Å². The molecule has 0 unspecified atom stereocenters. The largest absolute Gasteiger partial charge is 0.352 e. The smallest absolute Gasteiger partial charge is 0.244 e. The molecule has 0 aliphatic carbocycles. The Labute approximate surface area is 184 Å². The van der Waals surface area contributed by atoms with Crippen molar-refractivity contribution < 1.29 is 4.79 Å². The SMILES string of the molecule is O=C(/C=C/c1ccccc1)NCCc1nc2ccccc2n1Cc1ccc(Br)cc1. The first-order valence-corrected chi connectivity index (χ1v) is 10.7. The van der Waals surface area contributed by atoms with Crippen molar-refractivity contribution in [2.75, 3.05) is 6.54 Å². The van der Waals surface area contributed by atoms with Crippen LogP contribution in [0, 0.1) is 0 Å². The van der Waals surface area contributed by atoms with Crippen molar-refractivity contribution in [3.05, 3.63) is 106 Å². The van der Waals surface area contributed by atoms with E-state index in [1.54, 1.807) is 6.08 Å². The molecule has 0 atom stereocenters. The summed E-state index contributed by atoms with van der Waals surface area (Å²) in [6, 6.07) is 26.3. The highest BCUT2D eigenvalue weighted by Crippen LogP contribution is 2.19. The molecule has 3 aromatic carbocycles. The van der Waals surface area contributed by atoms with Gasteiger partial charge in [-0.05, 0) is 41.5 Å². The molecule has 1 amide bonds. The second kappa shape index (κ2) is 9.55. The van der Waals surface area contributed by atoms with E-state index in [-0.39, 0.29) is 5.91 Å². The van der Waals surface area contributed by atoms with E-state index in [0.717, 1.165) is 33.4 Å². The number of para-hydroxylation sites is 2. The van der Waals surface area contributed by atoms with Crippen LogP contribution in [0.25, 0.3) is 17.1 Å². The van der Waals surface area contributed by atoms with Crippen molar-refractivity contribution in [2.45, 2.75) is 13.0 Å². The van der Waals surface area contributed by atoms with Crippen LogP contribution in [-0.4, -0.2) is 22.0 Å². The van der Waals surface area contributed by atoms with E-state index in [1.807, 2.05) is 66.7 Å². The molecule has 4 nitrogen and oxygen atoms in total. The predicted molar refractivity (Wildman–Crippen MR) is 125 cm³/mol. The number of carbonyl (C=O) groups excluding carboxylic acids is 1. The van der Waals surface area contributed by atoms with Crippen LogP contribution in [0.4, 0.5) is 0 Å². The summed E-state index contributed by atoms with van der Waals surface area (Å²) in [4.78, 5) is 17.0. The number of carbonyl (C=O) groups is 1. The Morgan fingerprint density at radius 3 is 2.50 bits per heavy atom. The first-order valence-electron chi connectivity index (χ1n) is 9.88. The summed E-state index contributed by atoms with van der Waals surface area (Å²) in [6.07, 6.45) is 4.05. The molecule has 0 spiro atoms. The lowest BCUT2D eigenvalue weighted by molar-refractivity contribution is -0.116. The van der Waals surface area contributed by atoms with Crippen molar-refractivity contribution >= 4 is 38.9 Å². The number of amides is 1. The average Bonchev–Trinajstić information content (AvgIpc) is 3.12. The number of nitrogens with one attached hydrogen (secondary N) is 1. The number of rotatable bonds is 7.